The summed E-state index contributed by atoms with van der Waals surface area (Å²) in [6.07, 6.45) is 6.61. The zero-order valence-electron chi connectivity index (χ0n) is 13.3. The topological polar surface area (TPSA) is 71.2 Å². The summed E-state index contributed by atoms with van der Waals surface area (Å²) in [7, 11) is 0. The number of rotatable bonds is 2. The summed E-state index contributed by atoms with van der Waals surface area (Å²) in [5.41, 5.74) is 5.81. The lowest BCUT2D eigenvalue weighted by Crippen LogP contribution is -2.21. The Labute approximate surface area is 162 Å². The predicted molar refractivity (Wildman–Crippen MR) is 113 cm³/mol. The lowest BCUT2D eigenvalue weighted by molar-refractivity contribution is 0.291. The Balaban J connectivity index is 0. The predicted octanol–water partition coefficient (Wildman–Crippen LogP) is 4.90. The number of piperidine rings is 1. The maximum Gasteiger partial charge on any atom is 0.0731 e. The number of aliphatic hydroxyl groups is 1. The summed E-state index contributed by atoms with van der Waals surface area (Å²) in [6.45, 7) is 3.31. The minimum atomic E-state index is 0. The molecule has 4 nitrogen and oxygen atoms in total. The molecule has 1 aromatic heterocycles. The van der Waals surface area contributed by atoms with Crippen molar-refractivity contribution in [2.24, 2.45) is 5.73 Å². The minimum absolute atomic E-state index is 0. The van der Waals surface area contributed by atoms with Gasteiger partial charge in [0.25, 0.3) is 0 Å². The van der Waals surface area contributed by atoms with Crippen LogP contribution < -0.4 is 11.1 Å². The Hall–Kier alpha value is -0.910. The molecule has 1 aliphatic rings. The van der Waals surface area contributed by atoms with Gasteiger partial charge in [0.1, 0.15) is 0 Å². The van der Waals surface area contributed by atoms with Crippen LogP contribution in [0.5, 0.6) is 0 Å². The summed E-state index contributed by atoms with van der Waals surface area (Å²) < 4.78 is 0. The van der Waals surface area contributed by atoms with Crippen molar-refractivity contribution in [3.05, 3.63) is 40.5 Å². The molecule has 0 radical (unpaired) electrons. The van der Waals surface area contributed by atoms with Crippen molar-refractivity contribution in [2.75, 3.05) is 26.2 Å². The minimum Gasteiger partial charge on any atom is -0.396 e. The molecule has 0 amide bonds. The number of nitrogens with one attached hydrogen (secondary N) is 1. The Morgan fingerprint density at radius 1 is 1.08 bits per heavy atom. The highest BCUT2D eigenvalue weighted by Crippen LogP contribution is 2.23. The van der Waals surface area contributed by atoms with E-state index in [9.17, 15) is 0 Å². The zero-order chi connectivity index (χ0) is 16.9. The van der Waals surface area contributed by atoms with E-state index >= 15 is 0 Å². The number of fused-ring (bicyclic) bond motifs is 1. The number of halogens is 2. The summed E-state index contributed by atoms with van der Waals surface area (Å²) in [6, 6.07) is 7.23. The van der Waals surface area contributed by atoms with Gasteiger partial charge in [-0.15, -0.1) is 0 Å². The molecule has 1 fully saturated rings. The van der Waals surface area contributed by atoms with Crippen molar-refractivity contribution in [1.29, 1.82) is 0 Å². The molecule has 0 bridgehead atoms. The standard InChI is InChI=1S/C9H5Cl2N.C5H11N.C3H9NO.2CH4/c10-6-1-2-7-8(11)3-4-12-9(7)5-6;1-2-4-6-5-3-1;4-2-1-3-5;;/h1-5H;6H,1-5H2;5H,1-4H2;2*1H4. The van der Waals surface area contributed by atoms with Gasteiger partial charge >= 0.3 is 0 Å². The van der Waals surface area contributed by atoms with Gasteiger partial charge in [0, 0.05) is 23.2 Å². The Kier molecular flexibility index (Phi) is 17.4. The van der Waals surface area contributed by atoms with E-state index in [1.165, 1.54) is 32.4 Å². The highest BCUT2D eigenvalue weighted by molar-refractivity contribution is 6.36. The van der Waals surface area contributed by atoms with Crippen LogP contribution in [-0.4, -0.2) is 36.3 Å². The van der Waals surface area contributed by atoms with Gasteiger partial charge in [0.15, 0.2) is 0 Å². The van der Waals surface area contributed by atoms with Crippen LogP contribution in [0.3, 0.4) is 0 Å². The number of hydrogen-bond acceptors (Lipinski definition) is 4. The van der Waals surface area contributed by atoms with E-state index in [1.807, 2.05) is 6.07 Å². The molecule has 0 atom stereocenters. The van der Waals surface area contributed by atoms with Gasteiger partial charge in [-0.2, -0.15) is 0 Å². The molecular formula is C19H33Cl2N3O. The zero-order valence-corrected chi connectivity index (χ0v) is 14.8. The fraction of sp³-hybridized carbons (Fsp3) is 0.526. The number of aliphatic hydroxyl groups excluding tert-OH is 1. The molecule has 0 spiro atoms. The molecule has 2 heterocycles. The lowest BCUT2D eigenvalue weighted by Gasteiger charge is -2.08. The van der Waals surface area contributed by atoms with E-state index in [1.54, 1.807) is 24.4 Å². The van der Waals surface area contributed by atoms with Gasteiger partial charge in [0.05, 0.1) is 10.5 Å². The summed E-state index contributed by atoms with van der Waals surface area (Å²) in [5, 5.41) is 13.6. The van der Waals surface area contributed by atoms with Crippen LogP contribution in [0.25, 0.3) is 10.9 Å². The van der Waals surface area contributed by atoms with E-state index in [4.69, 9.17) is 34.0 Å². The van der Waals surface area contributed by atoms with Crippen LogP contribution in [0.4, 0.5) is 0 Å². The third kappa shape index (κ3) is 11.3. The molecule has 3 rings (SSSR count). The quantitative estimate of drug-likeness (QED) is 0.682. The second-order valence-corrected chi connectivity index (χ2v) is 5.97. The van der Waals surface area contributed by atoms with E-state index in [2.05, 4.69) is 10.3 Å². The summed E-state index contributed by atoms with van der Waals surface area (Å²) in [5.74, 6) is 0. The number of nitrogens with two attached hydrogens (primary N) is 1. The van der Waals surface area contributed by atoms with Gasteiger partial charge in [0.2, 0.25) is 0 Å². The SMILES string of the molecule is C.C.C1CCNCC1.Clc1ccc2c(Cl)ccnc2c1.NCCCO. The van der Waals surface area contributed by atoms with E-state index in [0.717, 1.165) is 17.3 Å². The van der Waals surface area contributed by atoms with Gasteiger partial charge in [-0.05, 0) is 63.2 Å². The van der Waals surface area contributed by atoms with Crippen molar-refractivity contribution < 1.29 is 5.11 Å². The van der Waals surface area contributed by atoms with Crippen LogP contribution in [0.15, 0.2) is 30.5 Å². The fourth-order valence-corrected chi connectivity index (χ4v) is 2.36. The molecular weight excluding hydrogens is 357 g/mol. The first-order chi connectivity index (χ1) is 11.2. The average Bonchev–Trinajstić information content (AvgIpc) is 2.58. The second-order valence-electron chi connectivity index (χ2n) is 5.13. The Morgan fingerprint density at radius 3 is 2.20 bits per heavy atom. The summed E-state index contributed by atoms with van der Waals surface area (Å²) >= 11 is 11.7. The molecule has 6 heteroatoms. The molecule has 2 aromatic rings. The van der Waals surface area contributed by atoms with Gasteiger partial charge in [-0.3, -0.25) is 4.98 Å². The largest absolute Gasteiger partial charge is 0.396 e. The van der Waals surface area contributed by atoms with Crippen molar-refractivity contribution >= 4 is 34.1 Å². The molecule has 144 valence electrons. The number of nitrogens with zero attached hydrogens (tertiary/aromatic N) is 1. The maximum atomic E-state index is 7.99. The van der Waals surface area contributed by atoms with Crippen LogP contribution in [0, 0.1) is 0 Å². The van der Waals surface area contributed by atoms with Crippen molar-refractivity contribution in [3.63, 3.8) is 0 Å². The third-order valence-corrected chi connectivity index (χ3v) is 3.79. The smallest absolute Gasteiger partial charge is 0.0731 e. The van der Waals surface area contributed by atoms with Gasteiger partial charge in [-0.25, -0.2) is 0 Å². The first-order valence-corrected chi connectivity index (χ1v) is 8.66. The molecule has 25 heavy (non-hydrogen) atoms. The van der Waals surface area contributed by atoms with Gasteiger partial charge in [-0.1, -0.05) is 44.5 Å². The average molecular weight is 390 g/mol. The number of aromatic nitrogens is 1. The highest BCUT2D eigenvalue weighted by Gasteiger charge is 1.98. The first-order valence-electron chi connectivity index (χ1n) is 7.90. The van der Waals surface area contributed by atoms with Crippen molar-refractivity contribution in [2.45, 2.75) is 40.5 Å². The number of pyridine rings is 1. The molecule has 0 saturated carbocycles. The van der Waals surface area contributed by atoms with Crippen molar-refractivity contribution in [1.82, 2.24) is 10.3 Å². The third-order valence-electron chi connectivity index (χ3n) is 3.22. The van der Waals surface area contributed by atoms with Crippen LogP contribution >= 0.6 is 23.2 Å². The number of hydrogen-bond donors (Lipinski definition) is 3. The lowest BCUT2D eigenvalue weighted by atomic mass is 10.2. The van der Waals surface area contributed by atoms with Crippen LogP contribution in [0.2, 0.25) is 10.0 Å². The highest BCUT2D eigenvalue weighted by atomic mass is 35.5. The molecule has 1 aliphatic heterocycles. The molecule has 4 N–H and O–H groups in total. The Bertz CT molecular complexity index is 550. The molecule has 0 unspecified atom stereocenters. The van der Waals surface area contributed by atoms with Crippen LogP contribution in [0.1, 0.15) is 40.5 Å². The van der Waals surface area contributed by atoms with Crippen LogP contribution in [-0.2, 0) is 0 Å². The van der Waals surface area contributed by atoms with Crippen molar-refractivity contribution in [3.8, 4) is 0 Å². The second kappa shape index (κ2) is 16.6. The number of benzene rings is 1. The van der Waals surface area contributed by atoms with Gasteiger partial charge < -0.3 is 16.2 Å². The monoisotopic (exact) mass is 389 g/mol. The maximum absolute atomic E-state index is 7.99. The fourth-order valence-electron chi connectivity index (χ4n) is 1.98. The summed E-state index contributed by atoms with van der Waals surface area (Å²) in [4.78, 5) is 4.13. The normalized spacial score (nSPS) is 12.5. The molecule has 0 aliphatic carbocycles. The first kappa shape index (κ1) is 26.3. The van der Waals surface area contributed by atoms with E-state index in [-0.39, 0.29) is 21.5 Å². The molecule has 1 saturated heterocycles. The Morgan fingerprint density at radius 2 is 1.76 bits per heavy atom. The van der Waals surface area contributed by atoms with E-state index in [0.29, 0.717) is 16.6 Å². The molecule has 1 aromatic carbocycles. The van der Waals surface area contributed by atoms with E-state index < -0.39 is 0 Å².